The summed E-state index contributed by atoms with van der Waals surface area (Å²) in [5.74, 6) is -3.76. The second kappa shape index (κ2) is 16.8. The monoisotopic (exact) mass is 802 g/mol. The number of ether oxygens (including phenoxy) is 4. The Bertz CT molecular complexity index is 2460. The highest BCUT2D eigenvalue weighted by Crippen LogP contribution is 2.57. The SMILES string of the molecule is CN1C(C)(C)C2=C([B]c3c(C(=O)OCc4ccccc4)c(C(=O)OCc4ccccc4)c(C(=O)OCc4ccccc4)c(C(=O)OCc4ccccc4)c32)C(C)(C)C1(C)C. The molecule has 2 aliphatic rings. The molecular formula is C50H49BNO8. The Morgan fingerprint density at radius 2 is 0.800 bits per heavy atom. The quantitative estimate of drug-likeness (QED) is 0.0696. The van der Waals surface area contributed by atoms with E-state index in [-0.39, 0.29) is 43.0 Å². The molecule has 0 aromatic heterocycles. The third-order valence-electron chi connectivity index (χ3n) is 12.5. The zero-order valence-corrected chi connectivity index (χ0v) is 35.2. The van der Waals surface area contributed by atoms with Gasteiger partial charge in [0.2, 0.25) is 0 Å². The van der Waals surface area contributed by atoms with Crippen LogP contribution < -0.4 is 5.46 Å². The summed E-state index contributed by atoms with van der Waals surface area (Å²) < 4.78 is 24.0. The average molecular weight is 803 g/mol. The van der Waals surface area contributed by atoms with E-state index in [1.54, 1.807) is 24.3 Å². The molecule has 7 rings (SSSR count). The first-order valence-electron chi connectivity index (χ1n) is 20.1. The lowest BCUT2D eigenvalue weighted by atomic mass is 9.49. The molecule has 0 unspecified atom stereocenters. The summed E-state index contributed by atoms with van der Waals surface area (Å²) >= 11 is 0. The third kappa shape index (κ3) is 7.79. The summed E-state index contributed by atoms with van der Waals surface area (Å²) in [6, 6.07) is 36.4. The number of hydrogen-bond donors (Lipinski definition) is 0. The van der Waals surface area contributed by atoms with Crippen molar-refractivity contribution in [1.82, 2.24) is 4.90 Å². The second-order valence-electron chi connectivity index (χ2n) is 16.8. The van der Waals surface area contributed by atoms with Crippen molar-refractivity contribution in [3.63, 3.8) is 0 Å². The number of carbonyl (C=O) groups is 4. The molecule has 60 heavy (non-hydrogen) atoms. The van der Waals surface area contributed by atoms with Gasteiger partial charge in [-0.2, -0.15) is 0 Å². The first-order valence-corrected chi connectivity index (χ1v) is 20.1. The fraction of sp³-hybridized carbons (Fsp3) is 0.280. The molecule has 9 nitrogen and oxygen atoms in total. The molecule has 2 aliphatic heterocycles. The Hall–Kier alpha value is -6.26. The Morgan fingerprint density at radius 3 is 1.17 bits per heavy atom. The maximum Gasteiger partial charge on any atom is 0.340 e. The number of rotatable bonds is 12. The summed E-state index contributed by atoms with van der Waals surface area (Å²) in [4.78, 5) is 62.0. The zero-order chi connectivity index (χ0) is 42.8. The minimum Gasteiger partial charge on any atom is -0.457 e. The van der Waals surface area contributed by atoms with Gasteiger partial charge in [-0.1, -0.05) is 146 Å². The van der Waals surface area contributed by atoms with Crippen molar-refractivity contribution in [3.8, 4) is 0 Å². The van der Waals surface area contributed by atoms with E-state index in [0.29, 0.717) is 27.8 Å². The summed E-state index contributed by atoms with van der Waals surface area (Å²) in [6.07, 6.45) is 0. The van der Waals surface area contributed by atoms with Gasteiger partial charge >= 0.3 is 23.9 Å². The number of benzene rings is 5. The van der Waals surface area contributed by atoms with Gasteiger partial charge in [0.1, 0.15) is 26.4 Å². The number of nitrogens with zero attached hydrogens (tertiary/aromatic N) is 1. The summed E-state index contributed by atoms with van der Waals surface area (Å²) in [5, 5.41) is 0. The van der Waals surface area contributed by atoms with Crippen LogP contribution in [0.2, 0.25) is 0 Å². The highest BCUT2D eigenvalue weighted by molar-refractivity contribution is 6.69. The third-order valence-corrected chi connectivity index (χ3v) is 12.5. The van der Waals surface area contributed by atoms with E-state index < -0.39 is 51.5 Å². The smallest absolute Gasteiger partial charge is 0.340 e. The van der Waals surface area contributed by atoms with Gasteiger partial charge in [0.25, 0.3) is 0 Å². The highest BCUT2D eigenvalue weighted by Gasteiger charge is 2.58. The second-order valence-corrected chi connectivity index (χ2v) is 16.8. The summed E-state index contributed by atoms with van der Waals surface area (Å²) in [7, 11) is 3.90. The van der Waals surface area contributed by atoms with Crippen LogP contribution in [-0.2, 0) is 45.4 Å². The molecule has 0 aliphatic carbocycles. The van der Waals surface area contributed by atoms with Crippen LogP contribution in [0.5, 0.6) is 0 Å². The van der Waals surface area contributed by atoms with Crippen LogP contribution in [0.1, 0.15) is 111 Å². The number of fused-ring (bicyclic) bond motifs is 2. The van der Waals surface area contributed by atoms with Gasteiger partial charge in [-0.15, -0.1) is 0 Å². The van der Waals surface area contributed by atoms with Crippen LogP contribution in [0.3, 0.4) is 0 Å². The molecule has 0 saturated heterocycles. The fourth-order valence-electron chi connectivity index (χ4n) is 8.27. The number of esters is 4. The zero-order valence-electron chi connectivity index (χ0n) is 35.2. The molecule has 0 N–H and O–H groups in total. The average Bonchev–Trinajstić information content (AvgIpc) is 3.68. The maximum atomic E-state index is 15.0. The van der Waals surface area contributed by atoms with Crippen molar-refractivity contribution in [1.29, 1.82) is 0 Å². The molecular weight excluding hydrogens is 753 g/mol. The molecule has 0 atom stereocenters. The first-order chi connectivity index (χ1) is 28.6. The molecule has 0 saturated carbocycles. The van der Waals surface area contributed by atoms with Crippen LogP contribution in [-0.4, -0.2) is 54.2 Å². The van der Waals surface area contributed by atoms with Crippen LogP contribution in [0.15, 0.2) is 127 Å². The van der Waals surface area contributed by atoms with E-state index in [1.807, 2.05) is 125 Å². The van der Waals surface area contributed by atoms with E-state index in [4.69, 9.17) is 18.9 Å². The lowest BCUT2D eigenvalue weighted by Gasteiger charge is -2.60. The molecule has 5 aromatic carbocycles. The molecule has 0 fully saturated rings. The summed E-state index contributed by atoms with van der Waals surface area (Å²) in [5.41, 5.74) is 1.82. The topological polar surface area (TPSA) is 108 Å². The molecule has 1 radical (unpaired) electrons. The minimum absolute atomic E-state index is 0.124. The van der Waals surface area contributed by atoms with Crippen molar-refractivity contribution < 1.29 is 38.1 Å². The van der Waals surface area contributed by atoms with Gasteiger partial charge in [-0.05, 0) is 73.5 Å². The normalized spacial score (nSPS) is 15.8. The number of likely N-dealkylation sites (N-methyl/N-ethyl adjacent to an activating group) is 1. The molecule has 305 valence electrons. The highest BCUT2D eigenvalue weighted by atomic mass is 16.5. The molecule has 0 bridgehead atoms. The Labute approximate surface area is 352 Å². The van der Waals surface area contributed by atoms with Crippen LogP contribution in [0.25, 0.3) is 5.57 Å². The molecule has 0 spiro atoms. The van der Waals surface area contributed by atoms with Crippen molar-refractivity contribution in [2.24, 2.45) is 5.41 Å². The van der Waals surface area contributed by atoms with Gasteiger partial charge in [0.15, 0.2) is 7.28 Å². The standard InChI is InChI=1S/C50H49BNO8/c1-48(2)43-41(49(3,4)52(7)50(48,5)6)39-37(45(54)58-29-33-22-14-9-15-23-33)36(44(53)57-28-32-20-12-8-13-21-32)38(46(55)59-30-34-24-16-10-17-25-34)40(42(39)51-43)47(56)60-31-35-26-18-11-19-27-35/h8-27H,28-31H2,1-7H3. The first kappa shape index (κ1) is 41.9. The summed E-state index contributed by atoms with van der Waals surface area (Å²) in [6.45, 7) is 12.0. The van der Waals surface area contributed by atoms with Crippen molar-refractivity contribution in [2.75, 3.05) is 7.05 Å². The predicted octanol–water partition coefficient (Wildman–Crippen LogP) is 8.70. The number of hydrogen-bond acceptors (Lipinski definition) is 9. The van der Waals surface area contributed by atoms with Crippen molar-refractivity contribution in [2.45, 2.75) is 79.0 Å². The maximum absolute atomic E-state index is 15.0. The van der Waals surface area contributed by atoms with E-state index in [0.717, 1.165) is 11.0 Å². The van der Waals surface area contributed by atoms with E-state index in [1.165, 1.54) is 0 Å². The lowest BCUT2D eigenvalue weighted by Crippen LogP contribution is -2.64. The van der Waals surface area contributed by atoms with E-state index >= 15 is 4.79 Å². The van der Waals surface area contributed by atoms with E-state index in [9.17, 15) is 14.4 Å². The number of carbonyl (C=O) groups excluding carboxylic acids is 4. The van der Waals surface area contributed by atoms with Gasteiger partial charge in [-0.25, -0.2) is 19.2 Å². The van der Waals surface area contributed by atoms with Crippen molar-refractivity contribution >= 4 is 42.2 Å². The fourth-order valence-corrected chi connectivity index (χ4v) is 8.27. The molecule has 0 amide bonds. The van der Waals surface area contributed by atoms with Crippen molar-refractivity contribution in [3.05, 3.63) is 177 Å². The van der Waals surface area contributed by atoms with Gasteiger partial charge in [0.05, 0.1) is 22.3 Å². The van der Waals surface area contributed by atoms with Gasteiger partial charge < -0.3 is 18.9 Å². The predicted molar refractivity (Wildman–Crippen MR) is 231 cm³/mol. The molecule has 2 heterocycles. The van der Waals surface area contributed by atoms with E-state index in [2.05, 4.69) is 32.6 Å². The van der Waals surface area contributed by atoms with Crippen LogP contribution >= 0.6 is 0 Å². The molecule has 5 aromatic rings. The largest absolute Gasteiger partial charge is 0.457 e. The Kier molecular flexibility index (Phi) is 11.7. The van der Waals surface area contributed by atoms with Gasteiger partial charge in [-0.3, -0.25) is 4.90 Å². The van der Waals surface area contributed by atoms with Gasteiger partial charge in [0, 0.05) is 11.1 Å². The lowest BCUT2D eigenvalue weighted by molar-refractivity contribution is -0.00366. The molecule has 10 heteroatoms. The minimum atomic E-state index is -1.01. The Morgan fingerprint density at radius 1 is 0.483 bits per heavy atom. The van der Waals surface area contributed by atoms with Crippen LogP contribution in [0.4, 0.5) is 0 Å². The Balaban J connectivity index is 1.51. The van der Waals surface area contributed by atoms with Crippen LogP contribution in [0, 0.1) is 5.41 Å².